The molecule has 1 aliphatic carbocycles. The van der Waals surface area contributed by atoms with Gasteiger partial charge in [0.2, 0.25) is 5.91 Å². The summed E-state index contributed by atoms with van der Waals surface area (Å²) in [6.07, 6.45) is 4.23. The molecular weight excluding hydrogens is 335 g/mol. The lowest BCUT2D eigenvalue weighted by molar-refractivity contribution is -0.133. The summed E-state index contributed by atoms with van der Waals surface area (Å²) in [6, 6.07) is 5.40. The molecule has 3 rings (SSSR count). The van der Waals surface area contributed by atoms with Crippen molar-refractivity contribution in [3.63, 3.8) is 0 Å². The maximum absolute atomic E-state index is 12.3. The van der Waals surface area contributed by atoms with Crippen molar-refractivity contribution in [2.24, 2.45) is 11.1 Å². The van der Waals surface area contributed by atoms with Crippen molar-refractivity contribution in [2.75, 3.05) is 13.1 Å². The number of carbonyl (C=O) groups is 1. The van der Waals surface area contributed by atoms with Gasteiger partial charge in [-0.3, -0.25) is 4.79 Å². The molecular formula is C17H18Cl2N2O2. The molecule has 23 heavy (non-hydrogen) atoms. The number of nitrogens with zero attached hydrogens (tertiary/aromatic N) is 2. The SMILES string of the molecule is C=CCN(C[C@@H]1CC(c2ccc(Cl)c(Cl)c2)=NO1)C(=O)C1CC1. The van der Waals surface area contributed by atoms with E-state index in [1.807, 2.05) is 11.0 Å². The average molecular weight is 353 g/mol. The van der Waals surface area contributed by atoms with E-state index in [0.717, 1.165) is 24.1 Å². The van der Waals surface area contributed by atoms with Gasteiger partial charge in [-0.15, -0.1) is 6.58 Å². The molecule has 1 aromatic rings. The van der Waals surface area contributed by atoms with Crippen molar-refractivity contribution in [2.45, 2.75) is 25.4 Å². The molecule has 6 heteroatoms. The van der Waals surface area contributed by atoms with Crippen molar-refractivity contribution in [1.82, 2.24) is 4.90 Å². The Morgan fingerprint density at radius 1 is 1.39 bits per heavy atom. The van der Waals surface area contributed by atoms with E-state index in [1.54, 1.807) is 18.2 Å². The van der Waals surface area contributed by atoms with Crippen LogP contribution in [-0.4, -0.2) is 35.7 Å². The van der Waals surface area contributed by atoms with Gasteiger partial charge >= 0.3 is 0 Å². The third-order valence-electron chi connectivity index (χ3n) is 4.00. The zero-order valence-electron chi connectivity index (χ0n) is 12.7. The fourth-order valence-electron chi connectivity index (χ4n) is 2.62. The van der Waals surface area contributed by atoms with E-state index in [2.05, 4.69) is 11.7 Å². The van der Waals surface area contributed by atoms with Crippen molar-refractivity contribution in [3.8, 4) is 0 Å². The van der Waals surface area contributed by atoms with Gasteiger partial charge in [-0.1, -0.05) is 40.5 Å². The molecule has 0 spiro atoms. The molecule has 0 N–H and O–H groups in total. The minimum atomic E-state index is -0.137. The Morgan fingerprint density at radius 3 is 2.83 bits per heavy atom. The van der Waals surface area contributed by atoms with Crippen LogP contribution in [0.15, 0.2) is 36.0 Å². The molecule has 0 radical (unpaired) electrons. The van der Waals surface area contributed by atoms with E-state index in [-0.39, 0.29) is 17.9 Å². The molecule has 0 saturated heterocycles. The first-order valence-corrected chi connectivity index (χ1v) is 8.42. The van der Waals surface area contributed by atoms with E-state index >= 15 is 0 Å². The van der Waals surface area contributed by atoms with Crippen LogP contribution in [0.5, 0.6) is 0 Å². The first-order valence-electron chi connectivity index (χ1n) is 7.66. The summed E-state index contributed by atoms with van der Waals surface area (Å²) in [5.74, 6) is 0.378. The molecule has 1 heterocycles. The molecule has 1 atom stereocenters. The second-order valence-electron chi connectivity index (χ2n) is 5.90. The summed E-state index contributed by atoms with van der Waals surface area (Å²) in [4.78, 5) is 19.6. The Kier molecular flexibility index (Phi) is 4.93. The van der Waals surface area contributed by atoms with Crippen LogP contribution < -0.4 is 0 Å². The number of hydrogen-bond acceptors (Lipinski definition) is 3. The monoisotopic (exact) mass is 352 g/mol. The number of halogens is 2. The van der Waals surface area contributed by atoms with Gasteiger partial charge in [-0.25, -0.2) is 0 Å². The van der Waals surface area contributed by atoms with Gasteiger partial charge in [-0.2, -0.15) is 0 Å². The summed E-state index contributed by atoms with van der Waals surface area (Å²) in [6.45, 7) is 4.79. The molecule has 0 aromatic heterocycles. The first kappa shape index (κ1) is 16.3. The predicted octanol–water partition coefficient (Wildman–Crippen LogP) is 3.91. The number of carbonyl (C=O) groups excluding carboxylic acids is 1. The summed E-state index contributed by atoms with van der Waals surface area (Å²) < 4.78 is 0. The Morgan fingerprint density at radius 2 is 2.17 bits per heavy atom. The normalized spacial score (nSPS) is 19.9. The van der Waals surface area contributed by atoms with Crippen LogP contribution >= 0.6 is 23.2 Å². The zero-order valence-corrected chi connectivity index (χ0v) is 14.2. The van der Waals surface area contributed by atoms with Gasteiger partial charge in [0.15, 0.2) is 6.10 Å². The predicted molar refractivity (Wildman–Crippen MR) is 92.0 cm³/mol. The smallest absolute Gasteiger partial charge is 0.226 e. The second-order valence-corrected chi connectivity index (χ2v) is 6.72. The Bertz CT molecular complexity index is 656. The van der Waals surface area contributed by atoms with Crippen LogP contribution in [0.4, 0.5) is 0 Å². The molecule has 1 aliphatic heterocycles. The molecule has 0 unspecified atom stereocenters. The van der Waals surface area contributed by atoms with Gasteiger partial charge in [0.05, 0.1) is 22.3 Å². The van der Waals surface area contributed by atoms with Crippen LogP contribution in [-0.2, 0) is 9.63 Å². The third-order valence-corrected chi connectivity index (χ3v) is 4.74. The summed E-state index contributed by atoms with van der Waals surface area (Å²) in [7, 11) is 0. The maximum atomic E-state index is 12.3. The van der Waals surface area contributed by atoms with Crippen LogP contribution in [0.1, 0.15) is 24.8 Å². The van der Waals surface area contributed by atoms with E-state index < -0.39 is 0 Å². The van der Waals surface area contributed by atoms with Gasteiger partial charge in [-0.05, 0) is 25.0 Å². The van der Waals surface area contributed by atoms with E-state index in [9.17, 15) is 4.79 Å². The minimum absolute atomic E-state index is 0.137. The van der Waals surface area contributed by atoms with Crippen molar-refractivity contribution in [3.05, 3.63) is 46.5 Å². The molecule has 2 aliphatic rings. The van der Waals surface area contributed by atoms with E-state index in [4.69, 9.17) is 28.0 Å². The van der Waals surface area contributed by atoms with Crippen LogP contribution in [0.3, 0.4) is 0 Å². The van der Waals surface area contributed by atoms with Crippen molar-refractivity contribution >= 4 is 34.8 Å². The number of oxime groups is 1. The summed E-state index contributed by atoms with van der Waals surface area (Å²) in [5, 5.41) is 5.15. The summed E-state index contributed by atoms with van der Waals surface area (Å²) >= 11 is 12.0. The molecule has 1 saturated carbocycles. The van der Waals surface area contributed by atoms with Gasteiger partial charge in [0.1, 0.15) is 0 Å². The van der Waals surface area contributed by atoms with Crippen molar-refractivity contribution in [1.29, 1.82) is 0 Å². The lowest BCUT2D eigenvalue weighted by Crippen LogP contribution is -2.38. The summed E-state index contributed by atoms with van der Waals surface area (Å²) in [5.41, 5.74) is 1.72. The minimum Gasteiger partial charge on any atom is -0.390 e. The third kappa shape index (κ3) is 3.88. The van der Waals surface area contributed by atoms with E-state index in [0.29, 0.717) is 29.6 Å². The lowest BCUT2D eigenvalue weighted by Gasteiger charge is -2.23. The molecule has 0 bridgehead atoms. The second kappa shape index (κ2) is 6.93. The van der Waals surface area contributed by atoms with Gasteiger partial charge < -0.3 is 9.74 Å². The molecule has 4 nitrogen and oxygen atoms in total. The number of hydrogen-bond donors (Lipinski definition) is 0. The van der Waals surface area contributed by atoms with Gasteiger partial charge in [0.25, 0.3) is 0 Å². The highest BCUT2D eigenvalue weighted by Gasteiger charge is 2.35. The average Bonchev–Trinajstić information content (AvgIpc) is 3.28. The topological polar surface area (TPSA) is 41.9 Å². The molecule has 1 amide bonds. The lowest BCUT2D eigenvalue weighted by atomic mass is 10.0. The van der Waals surface area contributed by atoms with Crippen LogP contribution in [0.2, 0.25) is 10.0 Å². The van der Waals surface area contributed by atoms with Crippen LogP contribution in [0, 0.1) is 5.92 Å². The Balaban J connectivity index is 1.62. The zero-order chi connectivity index (χ0) is 16.4. The highest BCUT2D eigenvalue weighted by molar-refractivity contribution is 6.42. The molecule has 1 aromatic carbocycles. The van der Waals surface area contributed by atoms with Crippen LogP contribution in [0.25, 0.3) is 0 Å². The van der Waals surface area contributed by atoms with E-state index in [1.165, 1.54) is 0 Å². The fourth-order valence-corrected chi connectivity index (χ4v) is 2.92. The van der Waals surface area contributed by atoms with Crippen molar-refractivity contribution < 1.29 is 9.63 Å². The first-order chi connectivity index (χ1) is 11.1. The quantitative estimate of drug-likeness (QED) is 0.728. The Hall–Kier alpha value is -1.52. The van der Waals surface area contributed by atoms with Gasteiger partial charge in [0, 0.05) is 24.4 Å². The highest BCUT2D eigenvalue weighted by atomic mass is 35.5. The highest BCUT2D eigenvalue weighted by Crippen LogP contribution is 2.31. The molecule has 122 valence electrons. The maximum Gasteiger partial charge on any atom is 0.226 e. The Labute approximate surface area is 145 Å². The number of benzene rings is 1. The standard InChI is InChI=1S/C17H18Cl2N2O2/c1-2-7-21(17(22)11-3-4-11)10-13-9-16(20-23-13)12-5-6-14(18)15(19)8-12/h2,5-6,8,11,13H,1,3-4,7,9-10H2/t13-/m0/s1. The number of rotatable bonds is 6. The largest absolute Gasteiger partial charge is 0.390 e. The fraction of sp³-hybridized carbons (Fsp3) is 0.412. The molecule has 1 fully saturated rings. The number of amides is 1.